The Morgan fingerprint density at radius 2 is 1.67 bits per heavy atom. The van der Waals surface area contributed by atoms with E-state index in [1.165, 1.54) is 16.0 Å². The van der Waals surface area contributed by atoms with Crippen LogP contribution in [0.2, 0.25) is 5.02 Å². The lowest BCUT2D eigenvalue weighted by molar-refractivity contribution is -0.137. The van der Waals surface area contributed by atoms with E-state index in [-0.39, 0.29) is 11.8 Å². The number of imide groups is 1. The third-order valence-corrected chi connectivity index (χ3v) is 5.42. The smallest absolute Gasteiger partial charge is 0.277 e. The van der Waals surface area contributed by atoms with Gasteiger partial charge in [0.15, 0.2) is 0 Å². The highest BCUT2D eigenvalue weighted by atomic mass is 35.5. The van der Waals surface area contributed by atoms with Gasteiger partial charge in [-0.05, 0) is 41.7 Å². The van der Waals surface area contributed by atoms with Crippen molar-refractivity contribution < 1.29 is 9.59 Å². The number of hydrogen-bond acceptors (Lipinski definition) is 3. The van der Waals surface area contributed by atoms with Gasteiger partial charge in [0.25, 0.3) is 11.8 Å². The molecule has 2 aromatic rings. The van der Waals surface area contributed by atoms with Crippen molar-refractivity contribution in [3.63, 3.8) is 0 Å². The maximum Gasteiger partial charge on any atom is 0.277 e. The van der Waals surface area contributed by atoms with E-state index in [9.17, 15) is 9.59 Å². The van der Waals surface area contributed by atoms with Gasteiger partial charge in [-0.25, -0.2) is 0 Å². The molecule has 2 aliphatic rings. The largest absolute Gasteiger partial charge is 0.362 e. The maximum atomic E-state index is 13.1. The normalized spacial score (nSPS) is 17.0. The Kier molecular flexibility index (Phi) is 4.75. The minimum absolute atomic E-state index is 0.189. The Morgan fingerprint density at radius 1 is 0.963 bits per heavy atom. The molecular formula is C22H21ClN2O2. The van der Waals surface area contributed by atoms with Crippen LogP contribution in [0, 0.1) is 0 Å². The predicted molar refractivity (Wildman–Crippen MR) is 106 cm³/mol. The SMILES string of the molecule is CCCN1C(=O)C(c2ccc(Cl)cc2)=C(N2CCc3ccccc3C2)C1=O. The van der Waals surface area contributed by atoms with E-state index < -0.39 is 0 Å². The van der Waals surface area contributed by atoms with Gasteiger partial charge in [-0.1, -0.05) is 54.9 Å². The van der Waals surface area contributed by atoms with Crippen LogP contribution in [-0.4, -0.2) is 34.7 Å². The van der Waals surface area contributed by atoms with Gasteiger partial charge in [-0.15, -0.1) is 0 Å². The fourth-order valence-electron chi connectivity index (χ4n) is 3.85. The second-order valence-electron chi connectivity index (χ2n) is 6.93. The number of amides is 2. The molecule has 0 unspecified atom stereocenters. The van der Waals surface area contributed by atoms with Crippen LogP contribution in [0.4, 0.5) is 0 Å². The molecule has 2 aromatic carbocycles. The van der Waals surface area contributed by atoms with Crippen LogP contribution in [0.1, 0.15) is 30.0 Å². The van der Waals surface area contributed by atoms with Gasteiger partial charge in [-0.2, -0.15) is 0 Å². The Balaban J connectivity index is 1.79. The summed E-state index contributed by atoms with van der Waals surface area (Å²) in [7, 11) is 0. The number of carbonyl (C=O) groups is 2. The molecule has 5 heteroatoms. The summed E-state index contributed by atoms with van der Waals surface area (Å²) >= 11 is 6.01. The van der Waals surface area contributed by atoms with Crippen LogP contribution in [-0.2, 0) is 22.6 Å². The molecule has 0 radical (unpaired) electrons. The van der Waals surface area contributed by atoms with Crippen LogP contribution in [0.5, 0.6) is 0 Å². The van der Waals surface area contributed by atoms with E-state index in [0.717, 1.165) is 24.9 Å². The number of benzene rings is 2. The van der Waals surface area contributed by atoms with Crippen LogP contribution >= 0.6 is 11.6 Å². The molecule has 0 N–H and O–H groups in total. The van der Waals surface area contributed by atoms with E-state index in [1.54, 1.807) is 12.1 Å². The summed E-state index contributed by atoms with van der Waals surface area (Å²) in [4.78, 5) is 29.7. The van der Waals surface area contributed by atoms with Gasteiger partial charge < -0.3 is 4.90 Å². The van der Waals surface area contributed by atoms with E-state index in [4.69, 9.17) is 11.6 Å². The van der Waals surface area contributed by atoms with Crippen LogP contribution in [0.3, 0.4) is 0 Å². The predicted octanol–water partition coefficient (Wildman–Crippen LogP) is 3.89. The van der Waals surface area contributed by atoms with Crippen molar-refractivity contribution in [3.05, 3.63) is 75.9 Å². The summed E-state index contributed by atoms with van der Waals surface area (Å²) in [5.74, 6) is -0.399. The third-order valence-electron chi connectivity index (χ3n) is 5.17. The van der Waals surface area contributed by atoms with E-state index in [1.807, 2.05) is 31.2 Å². The minimum Gasteiger partial charge on any atom is -0.362 e. The fraction of sp³-hybridized carbons (Fsp3) is 0.273. The molecule has 2 aliphatic heterocycles. The number of nitrogens with zero attached hydrogens (tertiary/aromatic N) is 2. The summed E-state index contributed by atoms with van der Waals surface area (Å²) in [5, 5.41) is 0.606. The van der Waals surface area contributed by atoms with Crippen molar-refractivity contribution in [1.82, 2.24) is 9.80 Å². The van der Waals surface area contributed by atoms with Gasteiger partial charge in [0.1, 0.15) is 5.70 Å². The zero-order chi connectivity index (χ0) is 19.0. The average Bonchev–Trinajstić information content (AvgIpc) is 2.93. The molecule has 0 aromatic heterocycles. The number of fused-ring (bicyclic) bond motifs is 1. The molecule has 27 heavy (non-hydrogen) atoms. The first kappa shape index (κ1) is 17.8. The van der Waals surface area contributed by atoms with Crippen molar-refractivity contribution in [2.45, 2.75) is 26.3 Å². The first-order valence-corrected chi connectivity index (χ1v) is 9.66. The Bertz CT molecular complexity index is 934. The molecule has 4 nitrogen and oxygen atoms in total. The number of hydrogen-bond donors (Lipinski definition) is 0. The topological polar surface area (TPSA) is 40.6 Å². The second kappa shape index (κ2) is 7.20. The molecule has 4 rings (SSSR count). The van der Waals surface area contributed by atoms with Gasteiger partial charge in [-0.3, -0.25) is 14.5 Å². The van der Waals surface area contributed by atoms with Crippen molar-refractivity contribution >= 4 is 29.0 Å². The van der Waals surface area contributed by atoms with Crippen molar-refractivity contribution in [2.75, 3.05) is 13.1 Å². The monoisotopic (exact) mass is 380 g/mol. The highest BCUT2D eigenvalue weighted by Crippen LogP contribution is 2.34. The number of rotatable bonds is 4. The van der Waals surface area contributed by atoms with Crippen molar-refractivity contribution in [2.24, 2.45) is 0 Å². The molecule has 0 spiro atoms. The molecule has 0 aliphatic carbocycles. The van der Waals surface area contributed by atoms with Gasteiger partial charge >= 0.3 is 0 Å². The molecule has 0 saturated carbocycles. The molecular weight excluding hydrogens is 360 g/mol. The molecule has 0 atom stereocenters. The van der Waals surface area contributed by atoms with E-state index >= 15 is 0 Å². The lowest BCUT2D eigenvalue weighted by Gasteiger charge is -2.31. The zero-order valence-electron chi connectivity index (χ0n) is 15.2. The zero-order valence-corrected chi connectivity index (χ0v) is 16.0. The summed E-state index contributed by atoms with van der Waals surface area (Å²) in [5.41, 5.74) is 4.27. The molecule has 0 fully saturated rings. The maximum absolute atomic E-state index is 13.1. The van der Waals surface area contributed by atoms with Gasteiger partial charge in [0.05, 0.1) is 5.57 Å². The molecule has 2 heterocycles. The summed E-state index contributed by atoms with van der Waals surface area (Å²) < 4.78 is 0. The van der Waals surface area contributed by atoms with Gasteiger partial charge in [0.2, 0.25) is 0 Å². The standard InChI is InChI=1S/C22H21ClN2O2/c1-2-12-25-21(26)19(16-7-9-18(23)10-8-16)20(22(25)27)24-13-11-15-5-3-4-6-17(15)14-24/h3-10H,2,11-14H2,1H3. The summed E-state index contributed by atoms with van der Waals surface area (Å²) in [6, 6.07) is 15.4. The van der Waals surface area contributed by atoms with Crippen LogP contribution in [0.25, 0.3) is 5.57 Å². The van der Waals surface area contributed by atoms with Gasteiger partial charge in [0, 0.05) is 24.7 Å². The Hall–Kier alpha value is -2.59. The van der Waals surface area contributed by atoms with Crippen molar-refractivity contribution in [1.29, 1.82) is 0 Å². The Labute approximate surface area is 164 Å². The molecule has 0 saturated heterocycles. The lowest BCUT2D eigenvalue weighted by Crippen LogP contribution is -2.37. The van der Waals surface area contributed by atoms with E-state index in [2.05, 4.69) is 17.0 Å². The van der Waals surface area contributed by atoms with Crippen LogP contribution < -0.4 is 0 Å². The second-order valence-corrected chi connectivity index (χ2v) is 7.37. The lowest BCUT2D eigenvalue weighted by atomic mass is 9.98. The van der Waals surface area contributed by atoms with Crippen molar-refractivity contribution in [3.8, 4) is 0 Å². The fourth-order valence-corrected chi connectivity index (χ4v) is 3.97. The number of carbonyl (C=O) groups excluding carboxylic acids is 2. The summed E-state index contributed by atoms with van der Waals surface area (Å²) in [6.07, 6.45) is 1.60. The highest BCUT2D eigenvalue weighted by molar-refractivity contribution is 6.36. The first-order chi connectivity index (χ1) is 13.1. The third kappa shape index (κ3) is 3.15. The number of halogens is 1. The molecule has 0 bridgehead atoms. The molecule has 138 valence electrons. The quantitative estimate of drug-likeness (QED) is 0.755. The van der Waals surface area contributed by atoms with E-state index in [0.29, 0.717) is 29.4 Å². The summed E-state index contributed by atoms with van der Waals surface area (Å²) in [6.45, 7) is 3.77. The minimum atomic E-state index is -0.210. The molecule has 2 amide bonds. The average molecular weight is 381 g/mol. The highest BCUT2D eigenvalue weighted by Gasteiger charge is 2.41. The Morgan fingerprint density at radius 3 is 2.37 bits per heavy atom. The van der Waals surface area contributed by atoms with Crippen LogP contribution in [0.15, 0.2) is 54.2 Å². The first-order valence-electron chi connectivity index (χ1n) is 9.28.